The van der Waals surface area contributed by atoms with Crippen LogP contribution in [-0.2, 0) is 15.0 Å². The van der Waals surface area contributed by atoms with E-state index < -0.39 is 10.2 Å². The third kappa shape index (κ3) is 4.83. The normalized spacial score (nSPS) is 23.0. The first-order valence-corrected chi connectivity index (χ1v) is 11.5. The quantitative estimate of drug-likeness (QED) is 0.822. The zero-order valence-electron chi connectivity index (χ0n) is 15.8. The van der Waals surface area contributed by atoms with Gasteiger partial charge in [-0.15, -0.1) is 0 Å². The minimum Gasteiger partial charge on any atom is -0.326 e. The molecule has 0 aromatic heterocycles. The maximum Gasteiger partial charge on any atom is 0.281 e. The SMILES string of the molecule is Cc1c(Cl)cccc1NC(=O)C1CCCN(S(=O)(=O)N2CCCCCC2)C1. The second-order valence-corrected chi connectivity index (χ2v) is 9.76. The van der Waals surface area contributed by atoms with Crippen LogP contribution in [0.4, 0.5) is 5.69 Å². The second kappa shape index (κ2) is 8.90. The number of nitrogens with zero attached hydrogens (tertiary/aromatic N) is 2. The Morgan fingerprint density at radius 2 is 1.74 bits per heavy atom. The van der Waals surface area contributed by atoms with Gasteiger partial charge in [0.05, 0.1) is 5.92 Å². The van der Waals surface area contributed by atoms with Crippen molar-refractivity contribution >= 4 is 33.4 Å². The van der Waals surface area contributed by atoms with Crippen LogP contribution >= 0.6 is 11.6 Å². The molecule has 27 heavy (non-hydrogen) atoms. The molecule has 0 saturated carbocycles. The van der Waals surface area contributed by atoms with E-state index in [2.05, 4.69) is 5.32 Å². The second-order valence-electron chi connectivity index (χ2n) is 7.42. The molecule has 1 atom stereocenters. The lowest BCUT2D eigenvalue weighted by atomic mass is 9.98. The number of piperidine rings is 1. The van der Waals surface area contributed by atoms with Gasteiger partial charge in [0.1, 0.15) is 0 Å². The predicted molar refractivity (Wildman–Crippen MR) is 108 cm³/mol. The average Bonchev–Trinajstić information content (AvgIpc) is 2.95. The Morgan fingerprint density at radius 1 is 1.07 bits per heavy atom. The lowest BCUT2D eigenvalue weighted by molar-refractivity contribution is -0.120. The molecule has 2 aliphatic rings. The van der Waals surface area contributed by atoms with Crippen molar-refractivity contribution in [3.05, 3.63) is 28.8 Å². The molecule has 0 bridgehead atoms. The average molecular weight is 414 g/mol. The topological polar surface area (TPSA) is 69.7 Å². The van der Waals surface area contributed by atoms with Gasteiger partial charge in [0.15, 0.2) is 0 Å². The van der Waals surface area contributed by atoms with Crippen LogP contribution in [0.15, 0.2) is 18.2 Å². The minimum absolute atomic E-state index is 0.142. The van der Waals surface area contributed by atoms with Gasteiger partial charge < -0.3 is 5.32 Å². The molecule has 1 amide bonds. The molecule has 0 aliphatic carbocycles. The van der Waals surface area contributed by atoms with E-state index in [1.165, 1.54) is 4.31 Å². The fourth-order valence-electron chi connectivity index (χ4n) is 3.78. The fraction of sp³-hybridized carbons (Fsp3) is 0.632. The van der Waals surface area contributed by atoms with Crippen molar-refractivity contribution < 1.29 is 13.2 Å². The summed E-state index contributed by atoms with van der Waals surface area (Å²) in [7, 11) is -3.50. The number of carbonyl (C=O) groups excluding carboxylic acids is 1. The highest BCUT2D eigenvalue weighted by molar-refractivity contribution is 7.86. The van der Waals surface area contributed by atoms with Crippen LogP contribution in [-0.4, -0.2) is 49.1 Å². The standard InChI is InChI=1S/C19H28ClN3O3S/c1-15-17(20)9-6-10-18(15)21-19(24)16-8-7-13-23(14-16)27(25,26)22-11-4-2-3-5-12-22/h6,9-10,16H,2-5,7-8,11-14H2,1H3,(H,21,24). The number of carbonyl (C=O) groups is 1. The van der Waals surface area contributed by atoms with Crippen LogP contribution in [0, 0.1) is 12.8 Å². The summed E-state index contributed by atoms with van der Waals surface area (Å²) in [5, 5.41) is 3.52. The van der Waals surface area contributed by atoms with Crippen LogP contribution in [0.2, 0.25) is 5.02 Å². The third-order valence-electron chi connectivity index (χ3n) is 5.50. The number of anilines is 1. The van der Waals surface area contributed by atoms with E-state index in [1.807, 2.05) is 13.0 Å². The number of rotatable bonds is 4. The first-order chi connectivity index (χ1) is 12.9. The Kier molecular flexibility index (Phi) is 6.78. The maximum atomic E-state index is 13.0. The van der Waals surface area contributed by atoms with Crippen LogP contribution in [0.3, 0.4) is 0 Å². The van der Waals surface area contributed by atoms with Gasteiger partial charge in [-0.25, -0.2) is 0 Å². The summed E-state index contributed by atoms with van der Waals surface area (Å²) in [5.41, 5.74) is 1.50. The number of hydrogen-bond donors (Lipinski definition) is 1. The van der Waals surface area contributed by atoms with Crippen molar-refractivity contribution in [2.45, 2.75) is 45.4 Å². The summed E-state index contributed by atoms with van der Waals surface area (Å²) in [6.45, 7) is 3.74. The van der Waals surface area contributed by atoms with Crippen molar-refractivity contribution in [2.75, 3.05) is 31.5 Å². The summed E-state index contributed by atoms with van der Waals surface area (Å²) in [5.74, 6) is -0.491. The van der Waals surface area contributed by atoms with E-state index >= 15 is 0 Å². The number of nitrogens with one attached hydrogen (secondary N) is 1. The molecule has 3 rings (SSSR count). The van der Waals surface area contributed by atoms with Gasteiger partial charge in [0.2, 0.25) is 5.91 Å². The largest absolute Gasteiger partial charge is 0.326 e. The third-order valence-corrected chi connectivity index (χ3v) is 7.91. The Hall–Kier alpha value is -1.15. The number of amides is 1. The molecule has 1 unspecified atom stereocenters. The van der Waals surface area contributed by atoms with E-state index in [-0.39, 0.29) is 18.4 Å². The Balaban J connectivity index is 1.68. The maximum absolute atomic E-state index is 13.0. The van der Waals surface area contributed by atoms with E-state index in [0.717, 1.165) is 31.2 Å². The molecule has 0 spiro atoms. The van der Waals surface area contributed by atoms with Crippen molar-refractivity contribution in [3.8, 4) is 0 Å². The Labute approximate surface area is 167 Å². The van der Waals surface area contributed by atoms with E-state index in [9.17, 15) is 13.2 Å². The molecule has 2 fully saturated rings. The molecule has 8 heteroatoms. The first-order valence-electron chi connectivity index (χ1n) is 9.71. The van der Waals surface area contributed by atoms with Crippen molar-refractivity contribution in [3.63, 3.8) is 0 Å². The summed E-state index contributed by atoms with van der Waals surface area (Å²) >= 11 is 6.12. The van der Waals surface area contributed by atoms with Gasteiger partial charge in [-0.1, -0.05) is 30.5 Å². The molecule has 2 saturated heterocycles. The molecular formula is C19H28ClN3O3S. The van der Waals surface area contributed by atoms with Gasteiger partial charge in [0, 0.05) is 36.9 Å². The molecule has 1 aromatic carbocycles. The number of benzene rings is 1. The molecule has 0 radical (unpaired) electrons. The van der Waals surface area contributed by atoms with Gasteiger partial charge >= 0.3 is 0 Å². The monoisotopic (exact) mass is 413 g/mol. The predicted octanol–water partition coefficient (Wildman–Crippen LogP) is 3.42. The van der Waals surface area contributed by atoms with E-state index in [1.54, 1.807) is 16.4 Å². The summed E-state index contributed by atoms with van der Waals surface area (Å²) in [6, 6.07) is 5.39. The molecular weight excluding hydrogens is 386 g/mol. The van der Waals surface area contributed by atoms with Gasteiger partial charge in [0.25, 0.3) is 10.2 Å². The Morgan fingerprint density at radius 3 is 2.44 bits per heavy atom. The van der Waals surface area contributed by atoms with Crippen LogP contribution < -0.4 is 5.32 Å². The van der Waals surface area contributed by atoms with Gasteiger partial charge in [-0.3, -0.25) is 4.79 Å². The molecule has 6 nitrogen and oxygen atoms in total. The van der Waals surface area contributed by atoms with Crippen molar-refractivity contribution in [1.29, 1.82) is 0 Å². The van der Waals surface area contributed by atoms with Crippen LogP contribution in [0.25, 0.3) is 0 Å². The van der Waals surface area contributed by atoms with Crippen molar-refractivity contribution in [2.24, 2.45) is 5.92 Å². The first kappa shape index (κ1) is 20.6. The summed E-state index contributed by atoms with van der Waals surface area (Å²) in [4.78, 5) is 12.7. The van der Waals surface area contributed by atoms with Crippen molar-refractivity contribution in [1.82, 2.24) is 8.61 Å². The summed E-state index contributed by atoms with van der Waals surface area (Å²) < 4.78 is 29.1. The highest BCUT2D eigenvalue weighted by atomic mass is 35.5. The molecule has 2 aliphatic heterocycles. The highest BCUT2D eigenvalue weighted by Crippen LogP contribution is 2.27. The smallest absolute Gasteiger partial charge is 0.281 e. The molecule has 1 N–H and O–H groups in total. The van der Waals surface area contributed by atoms with E-state index in [0.29, 0.717) is 43.2 Å². The number of halogens is 1. The lowest BCUT2D eigenvalue weighted by Crippen LogP contribution is -2.50. The van der Waals surface area contributed by atoms with Gasteiger partial charge in [-0.05, 0) is 50.3 Å². The highest BCUT2D eigenvalue weighted by Gasteiger charge is 2.36. The van der Waals surface area contributed by atoms with Gasteiger partial charge in [-0.2, -0.15) is 17.0 Å². The van der Waals surface area contributed by atoms with E-state index in [4.69, 9.17) is 11.6 Å². The number of hydrogen-bond acceptors (Lipinski definition) is 3. The molecule has 150 valence electrons. The van der Waals surface area contributed by atoms with Crippen LogP contribution in [0.5, 0.6) is 0 Å². The molecule has 1 aromatic rings. The molecule has 2 heterocycles. The zero-order valence-corrected chi connectivity index (χ0v) is 17.4. The minimum atomic E-state index is -3.50. The fourth-order valence-corrected chi connectivity index (χ4v) is 5.73. The lowest BCUT2D eigenvalue weighted by Gasteiger charge is -2.34. The van der Waals surface area contributed by atoms with Crippen LogP contribution in [0.1, 0.15) is 44.1 Å². The summed E-state index contributed by atoms with van der Waals surface area (Å²) in [6.07, 6.45) is 5.36. The Bertz CT molecular complexity index is 776. The zero-order chi connectivity index (χ0) is 19.4.